The molecule has 37 heavy (non-hydrogen) atoms. The summed E-state index contributed by atoms with van der Waals surface area (Å²) in [5, 5.41) is 8.54. The highest BCUT2D eigenvalue weighted by Crippen LogP contribution is 2.35. The summed E-state index contributed by atoms with van der Waals surface area (Å²) in [6, 6.07) is 20.9. The summed E-state index contributed by atoms with van der Waals surface area (Å²) in [5.74, 6) is -1.23. The summed E-state index contributed by atoms with van der Waals surface area (Å²) in [6.07, 6.45) is 7.55. The van der Waals surface area contributed by atoms with Gasteiger partial charge in [-0.3, -0.25) is 0 Å². The zero-order valence-electron chi connectivity index (χ0n) is 20.2. The Bertz CT molecular complexity index is 1310. The van der Waals surface area contributed by atoms with E-state index in [0.29, 0.717) is 28.2 Å². The molecule has 0 saturated carbocycles. The van der Waals surface area contributed by atoms with Crippen LogP contribution < -0.4 is 0 Å². The molecule has 1 saturated heterocycles. The van der Waals surface area contributed by atoms with Gasteiger partial charge in [0.25, 0.3) is 5.76 Å². The van der Waals surface area contributed by atoms with Crippen molar-refractivity contribution in [1.82, 2.24) is 4.90 Å². The number of ether oxygens (including phenoxy) is 1. The Morgan fingerprint density at radius 3 is 2.38 bits per heavy atom. The second-order valence-corrected chi connectivity index (χ2v) is 9.71. The average Bonchev–Trinajstić information content (AvgIpc) is 3.55. The molecule has 0 bridgehead atoms. The molecule has 0 atom stereocenters. The molecule has 1 fully saturated rings. The van der Waals surface area contributed by atoms with Crippen LogP contribution in [0.5, 0.6) is 0 Å². The zero-order chi connectivity index (χ0) is 25.5. The smallest absolute Gasteiger partial charge is 0.288 e. The van der Waals surface area contributed by atoms with Gasteiger partial charge in [0.2, 0.25) is 0 Å². The number of morpholine rings is 1. The van der Waals surface area contributed by atoms with Crippen LogP contribution in [0, 0.1) is 0 Å². The Labute approximate surface area is 219 Å². The molecular weight excluding hydrogens is 492 g/mol. The van der Waals surface area contributed by atoms with Crippen LogP contribution in [0.4, 0.5) is 8.78 Å². The van der Waals surface area contributed by atoms with E-state index in [0.717, 1.165) is 44.7 Å². The predicted octanol–water partition coefficient (Wildman–Crippen LogP) is 7.13. The fraction of sp³-hybridized carbons (Fsp3) is 0.241. The molecule has 3 aromatic rings. The minimum Gasteiger partial charge on any atom is -0.455 e. The minimum absolute atomic E-state index is 0.515. The fourth-order valence-electron chi connectivity index (χ4n) is 4.49. The van der Waals surface area contributed by atoms with Crippen molar-refractivity contribution in [2.24, 2.45) is 10.2 Å². The maximum absolute atomic E-state index is 12.5. The Balaban J connectivity index is 1.30. The van der Waals surface area contributed by atoms with Crippen LogP contribution in [0.25, 0.3) is 17.4 Å². The number of thioether (sulfide) groups is 1. The zero-order valence-corrected chi connectivity index (χ0v) is 21.0. The van der Waals surface area contributed by atoms with Gasteiger partial charge in [-0.1, -0.05) is 54.2 Å². The minimum atomic E-state index is -2.44. The van der Waals surface area contributed by atoms with Gasteiger partial charge >= 0.3 is 0 Å². The van der Waals surface area contributed by atoms with Crippen molar-refractivity contribution in [2.45, 2.75) is 23.5 Å². The topological polar surface area (TPSA) is 50.3 Å². The standard InChI is InChI=1S/C29H27F2N3O2S/c30-29(31)37-26-11-8-22(9-12-26)27-13-10-25(36-27)20-33-32-19-24-7-6-23(18-21-4-2-1-3-5-21)28(24)34-14-16-35-17-15-34/h1-5,8-13,18-20,29H,6-7,14-17H2. The molecule has 5 rings (SSSR count). The molecule has 0 radical (unpaired) electrons. The van der Waals surface area contributed by atoms with E-state index < -0.39 is 5.76 Å². The number of nitrogens with zero attached hydrogens (tertiary/aromatic N) is 3. The predicted molar refractivity (Wildman–Crippen MR) is 145 cm³/mol. The summed E-state index contributed by atoms with van der Waals surface area (Å²) >= 11 is 0.523. The highest BCUT2D eigenvalue weighted by Gasteiger charge is 2.25. The van der Waals surface area contributed by atoms with E-state index in [1.807, 2.05) is 24.4 Å². The van der Waals surface area contributed by atoms with Crippen LogP contribution in [0.2, 0.25) is 0 Å². The SMILES string of the molecule is FC(F)Sc1ccc(-c2ccc(C=NN=CC3=C(N4CCOCC4)C(=Cc4ccccc4)CC3)o2)cc1. The summed E-state index contributed by atoms with van der Waals surface area (Å²) in [5.41, 5.74) is 5.72. The van der Waals surface area contributed by atoms with Gasteiger partial charge in [0.05, 0.1) is 25.6 Å². The number of hydrogen-bond acceptors (Lipinski definition) is 6. The van der Waals surface area contributed by atoms with Gasteiger partial charge in [-0.2, -0.15) is 19.0 Å². The van der Waals surface area contributed by atoms with Crippen molar-refractivity contribution in [3.8, 4) is 11.3 Å². The third-order valence-electron chi connectivity index (χ3n) is 6.20. The number of alkyl halides is 2. The number of allylic oxidation sites excluding steroid dienone is 2. The van der Waals surface area contributed by atoms with Crippen molar-refractivity contribution in [3.63, 3.8) is 0 Å². The number of benzene rings is 2. The molecule has 2 aromatic carbocycles. The maximum Gasteiger partial charge on any atom is 0.288 e. The third-order valence-corrected chi connectivity index (χ3v) is 6.92. The number of rotatable bonds is 8. The van der Waals surface area contributed by atoms with E-state index in [2.05, 4.69) is 45.4 Å². The monoisotopic (exact) mass is 519 g/mol. The van der Waals surface area contributed by atoms with Crippen molar-refractivity contribution in [1.29, 1.82) is 0 Å². The molecule has 0 unspecified atom stereocenters. The van der Waals surface area contributed by atoms with Crippen LogP contribution in [0.3, 0.4) is 0 Å². The van der Waals surface area contributed by atoms with E-state index in [1.165, 1.54) is 22.4 Å². The van der Waals surface area contributed by atoms with Crippen LogP contribution in [0.15, 0.2) is 103 Å². The van der Waals surface area contributed by atoms with E-state index >= 15 is 0 Å². The normalized spacial score (nSPS) is 17.8. The molecule has 190 valence electrons. The Kier molecular flexibility index (Phi) is 8.28. The average molecular weight is 520 g/mol. The van der Waals surface area contributed by atoms with E-state index in [-0.39, 0.29) is 0 Å². The molecular formula is C29H27F2N3O2S. The van der Waals surface area contributed by atoms with Crippen molar-refractivity contribution < 1.29 is 17.9 Å². The lowest BCUT2D eigenvalue weighted by atomic mass is 10.1. The lowest BCUT2D eigenvalue weighted by Gasteiger charge is -2.31. The van der Waals surface area contributed by atoms with Crippen LogP contribution >= 0.6 is 11.8 Å². The molecule has 1 aliphatic heterocycles. The first-order valence-corrected chi connectivity index (χ1v) is 13.1. The summed E-state index contributed by atoms with van der Waals surface area (Å²) in [4.78, 5) is 2.90. The van der Waals surface area contributed by atoms with Gasteiger partial charge < -0.3 is 14.1 Å². The van der Waals surface area contributed by atoms with Crippen molar-refractivity contribution in [2.75, 3.05) is 26.3 Å². The lowest BCUT2D eigenvalue weighted by molar-refractivity contribution is 0.0548. The summed E-state index contributed by atoms with van der Waals surface area (Å²) in [7, 11) is 0. The number of hydrogen-bond donors (Lipinski definition) is 0. The van der Waals surface area contributed by atoms with Crippen LogP contribution in [-0.2, 0) is 4.74 Å². The highest BCUT2D eigenvalue weighted by atomic mass is 32.2. The summed E-state index contributed by atoms with van der Waals surface area (Å²) in [6.45, 7) is 3.16. The van der Waals surface area contributed by atoms with E-state index in [1.54, 1.807) is 30.5 Å². The lowest BCUT2D eigenvalue weighted by Crippen LogP contribution is -2.36. The molecule has 2 heterocycles. The second kappa shape index (κ2) is 12.2. The third kappa shape index (κ3) is 6.64. The molecule has 0 spiro atoms. The quantitative estimate of drug-likeness (QED) is 0.180. The van der Waals surface area contributed by atoms with Crippen LogP contribution in [0.1, 0.15) is 24.2 Å². The van der Waals surface area contributed by atoms with Gasteiger partial charge in [-0.15, -0.1) is 0 Å². The maximum atomic E-state index is 12.5. The van der Waals surface area contributed by atoms with E-state index in [4.69, 9.17) is 9.15 Å². The summed E-state index contributed by atoms with van der Waals surface area (Å²) < 4.78 is 36.5. The van der Waals surface area contributed by atoms with E-state index in [9.17, 15) is 8.78 Å². The number of halogens is 2. The molecule has 5 nitrogen and oxygen atoms in total. The van der Waals surface area contributed by atoms with Gasteiger partial charge in [0.1, 0.15) is 11.5 Å². The first-order chi connectivity index (χ1) is 18.2. The Morgan fingerprint density at radius 2 is 1.62 bits per heavy atom. The van der Waals surface area contributed by atoms with Gasteiger partial charge in [-0.05, 0) is 59.9 Å². The first kappa shape index (κ1) is 25.2. The van der Waals surface area contributed by atoms with Gasteiger partial charge in [0, 0.05) is 29.2 Å². The molecule has 0 N–H and O–H groups in total. The Morgan fingerprint density at radius 1 is 0.865 bits per heavy atom. The van der Waals surface area contributed by atoms with Crippen LogP contribution in [-0.4, -0.2) is 49.4 Å². The first-order valence-electron chi connectivity index (χ1n) is 12.2. The Hall–Kier alpha value is -3.49. The molecule has 1 aliphatic carbocycles. The largest absolute Gasteiger partial charge is 0.455 e. The van der Waals surface area contributed by atoms with Crippen molar-refractivity contribution >= 4 is 30.3 Å². The molecule has 8 heteroatoms. The van der Waals surface area contributed by atoms with Crippen molar-refractivity contribution in [3.05, 3.63) is 94.9 Å². The van der Waals surface area contributed by atoms with Gasteiger partial charge in [0.15, 0.2) is 0 Å². The number of furan rings is 1. The van der Waals surface area contributed by atoms with Gasteiger partial charge in [-0.25, -0.2) is 0 Å². The molecule has 1 aromatic heterocycles. The second-order valence-electron chi connectivity index (χ2n) is 8.65. The fourth-order valence-corrected chi connectivity index (χ4v) is 4.99. The molecule has 2 aliphatic rings. The molecule has 0 amide bonds. The highest BCUT2D eigenvalue weighted by molar-refractivity contribution is 7.99.